The Morgan fingerprint density at radius 2 is 0.708 bits per heavy atom. The molecule has 0 aliphatic carbocycles. The van der Waals surface area contributed by atoms with Crippen LogP contribution in [0.1, 0.15) is 0 Å². The maximum Gasteiger partial charge on any atom is 0.143 e. The summed E-state index contributed by atoms with van der Waals surface area (Å²) < 4.78 is 6.59. The van der Waals surface area contributed by atoms with Crippen LogP contribution in [0, 0.1) is 0 Å². The van der Waals surface area contributed by atoms with Crippen LogP contribution in [0.4, 0.5) is 17.1 Å². The van der Waals surface area contributed by atoms with E-state index in [0.717, 1.165) is 61.1 Å². The average molecular weight is 916 g/mol. The van der Waals surface area contributed by atoms with Crippen molar-refractivity contribution in [3.05, 3.63) is 273 Å². The van der Waals surface area contributed by atoms with Crippen molar-refractivity contribution >= 4 is 82.1 Å². The molecule has 72 heavy (non-hydrogen) atoms. The quantitative estimate of drug-likeness (QED) is 0.141. The summed E-state index contributed by atoms with van der Waals surface area (Å²) in [6, 6.07) is 99.2. The molecule has 0 aliphatic rings. The molecule has 0 amide bonds. The Labute approximate surface area is 417 Å². The molecule has 14 rings (SSSR count). The van der Waals surface area contributed by atoms with Gasteiger partial charge in [0.05, 0.1) is 0 Å². The van der Waals surface area contributed by atoms with Crippen molar-refractivity contribution < 1.29 is 4.42 Å². The lowest BCUT2D eigenvalue weighted by atomic mass is 9.84. The lowest BCUT2D eigenvalue weighted by Crippen LogP contribution is -2.09. The first kappa shape index (κ1) is 41.5. The van der Waals surface area contributed by atoms with Gasteiger partial charge in [-0.25, -0.2) is 0 Å². The fraction of sp³-hybridized carbons (Fsp3) is 0. The predicted molar refractivity (Wildman–Crippen MR) is 306 cm³/mol. The topological polar surface area (TPSA) is 16.4 Å². The van der Waals surface area contributed by atoms with Crippen molar-refractivity contribution in [1.82, 2.24) is 0 Å². The van der Waals surface area contributed by atoms with Crippen LogP contribution in [-0.4, -0.2) is 0 Å². The molecule has 14 aromatic rings. The zero-order chi connectivity index (χ0) is 47.5. The minimum absolute atomic E-state index is 0.892. The number of hydrogen-bond donors (Lipinski definition) is 0. The Hall–Kier alpha value is -9.50. The van der Waals surface area contributed by atoms with Crippen LogP contribution in [0.3, 0.4) is 0 Å². The second kappa shape index (κ2) is 17.2. The molecule has 0 unspecified atom stereocenters. The SMILES string of the molecule is c1ccc(-c2c(-c3ccccc3)c3cc(-c4ccc(N(c5ccc(-c6cccc7ccccc67)cc5)c5ccc(-c6cccc7oc8c9ccccc9ccc8c67)cc5)cc4)ccc3c3ccccc23)cc1. The average Bonchev–Trinajstić information content (AvgIpc) is 3.86. The molecule has 336 valence electrons. The van der Waals surface area contributed by atoms with Crippen LogP contribution >= 0.6 is 0 Å². The molecule has 0 atom stereocenters. The molecular weight excluding hydrogens is 871 g/mol. The van der Waals surface area contributed by atoms with Crippen LogP contribution in [-0.2, 0) is 0 Å². The number of benzene rings is 13. The highest BCUT2D eigenvalue weighted by Gasteiger charge is 2.20. The molecule has 13 aromatic carbocycles. The summed E-state index contributed by atoms with van der Waals surface area (Å²) in [6.45, 7) is 0. The molecule has 0 N–H and O–H groups in total. The number of hydrogen-bond acceptors (Lipinski definition) is 2. The van der Waals surface area contributed by atoms with Gasteiger partial charge in [0.1, 0.15) is 11.2 Å². The molecule has 2 heteroatoms. The highest BCUT2D eigenvalue weighted by atomic mass is 16.3. The van der Waals surface area contributed by atoms with Gasteiger partial charge in [-0.3, -0.25) is 0 Å². The van der Waals surface area contributed by atoms with Gasteiger partial charge in [0, 0.05) is 33.2 Å². The van der Waals surface area contributed by atoms with E-state index in [1.165, 1.54) is 76.6 Å². The number of nitrogens with zero attached hydrogens (tertiary/aromatic N) is 1. The van der Waals surface area contributed by atoms with Gasteiger partial charge in [-0.15, -0.1) is 0 Å². The minimum Gasteiger partial charge on any atom is -0.455 e. The number of rotatable bonds is 8. The van der Waals surface area contributed by atoms with Gasteiger partial charge in [-0.05, 0) is 148 Å². The van der Waals surface area contributed by atoms with Crippen molar-refractivity contribution in [3.8, 4) is 55.6 Å². The first-order chi connectivity index (χ1) is 35.7. The molecule has 0 fully saturated rings. The molecule has 0 bridgehead atoms. The van der Waals surface area contributed by atoms with Crippen molar-refractivity contribution in [2.45, 2.75) is 0 Å². The molecule has 1 heterocycles. The predicted octanol–water partition coefficient (Wildman–Crippen LogP) is 20.0. The molecule has 2 nitrogen and oxygen atoms in total. The van der Waals surface area contributed by atoms with Crippen molar-refractivity contribution in [3.63, 3.8) is 0 Å². The Morgan fingerprint density at radius 3 is 1.38 bits per heavy atom. The Kier molecular flexibility index (Phi) is 9.89. The zero-order valence-electron chi connectivity index (χ0n) is 39.3. The summed E-state index contributed by atoms with van der Waals surface area (Å²) in [5.41, 5.74) is 17.0. The van der Waals surface area contributed by atoms with E-state index < -0.39 is 0 Å². The molecule has 0 aliphatic heterocycles. The van der Waals surface area contributed by atoms with Crippen LogP contribution in [0.5, 0.6) is 0 Å². The monoisotopic (exact) mass is 915 g/mol. The van der Waals surface area contributed by atoms with E-state index in [-0.39, 0.29) is 0 Å². The van der Waals surface area contributed by atoms with Crippen molar-refractivity contribution in [1.29, 1.82) is 0 Å². The van der Waals surface area contributed by atoms with E-state index in [4.69, 9.17) is 4.42 Å². The summed E-state index contributed by atoms with van der Waals surface area (Å²) in [5.74, 6) is 0. The molecular formula is C70H45NO. The summed E-state index contributed by atoms with van der Waals surface area (Å²) in [4.78, 5) is 2.37. The number of fused-ring (bicyclic) bond motifs is 9. The largest absolute Gasteiger partial charge is 0.455 e. The van der Waals surface area contributed by atoms with Crippen molar-refractivity contribution in [2.24, 2.45) is 0 Å². The van der Waals surface area contributed by atoms with Gasteiger partial charge in [0.2, 0.25) is 0 Å². The second-order valence-electron chi connectivity index (χ2n) is 18.7. The third-order valence-electron chi connectivity index (χ3n) is 14.7. The lowest BCUT2D eigenvalue weighted by Gasteiger charge is -2.26. The Balaban J connectivity index is 0.888. The fourth-order valence-electron chi connectivity index (χ4n) is 11.3. The standard InChI is InChI=1S/C70H45NO/c1-3-17-51(18-4-1)67-63-25-12-11-24-61(63)62-43-36-53(45-65(62)68(67)52-19-5-2-6-20-52)46-29-37-54(38-30-46)71(55-39-31-49(32-40-55)58-26-13-21-47-15-7-9-22-57(47)58)56-41-33-50(34-42-56)59-27-14-28-66-69(59)64-44-35-48-16-8-10-23-60(48)70(64)72-66/h1-45H. The molecule has 0 saturated carbocycles. The smallest absolute Gasteiger partial charge is 0.143 e. The fourth-order valence-corrected chi connectivity index (χ4v) is 11.3. The molecule has 0 spiro atoms. The second-order valence-corrected chi connectivity index (χ2v) is 18.7. The van der Waals surface area contributed by atoms with E-state index in [2.05, 4.69) is 278 Å². The van der Waals surface area contributed by atoms with Gasteiger partial charge in [0.15, 0.2) is 0 Å². The van der Waals surface area contributed by atoms with E-state index in [1.807, 2.05) is 0 Å². The third-order valence-corrected chi connectivity index (χ3v) is 14.7. The van der Waals surface area contributed by atoms with Gasteiger partial charge >= 0.3 is 0 Å². The Bertz CT molecular complexity index is 4340. The van der Waals surface area contributed by atoms with Crippen molar-refractivity contribution in [2.75, 3.05) is 4.90 Å². The minimum atomic E-state index is 0.892. The summed E-state index contributed by atoms with van der Waals surface area (Å²) in [5, 5.41) is 12.0. The Morgan fingerprint density at radius 1 is 0.250 bits per heavy atom. The molecule has 0 saturated heterocycles. The van der Waals surface area contributed by atoms with Gasteiger partial charge in [-0.2, -0.15) is 0 Å². The van der Waals surface area contributed by atoms with E-state index in [0.29, 0.717) is 0 Å². The summed E-state index contributed by atoms with van der Waals surface area (Å²) >= 11 is 0. The van der Waals surface area contributed by atoms with Gasteiger partial charge in [0.25, 0.3) is 0 Å². The lowest BCUT2D eigenvalue weighted by molar-refractivity contribution is 0.673. The zero-order valence-corrected chi connectivity index (χ0v) is 39.3. The third kappa shape index (κ3) is 6.95. The normalized spacial score (nSPS) is 11.6. The van der Waals surface area contributed by atoms with E-state index >= 15 is 0 Å². The maximum absolute atomic E-state index is 6.59. The first-order valence-corrected chi connectivity index (χ1v) is 24.7. The molecule has 0 radical (unpaired) electrons. The van der Waals surface area contributed by atoms with Crippen LogP contribution in [0.15, 0.2) is 277 Å². The van der Waals surface area contributed by atoms with Crippen LogP contribution in [0.25, 0.3) is 121 Å². The summed E-state index contributed by atoms with van der Waals surface area (Å²) in [6.07, 6.45) is 0. The van der Waals surface area contributed by atoms with E-state index in [9.17, 15) is 0 Å². The van der Waals surface area contributed by atoms with Crippen LogP contribution in [0.2, 0.25) is 0 Å². The summed E-state index contributed by atoms with van der Waals surface area (Å²) in [7, 11) is 0. The number of anilines is 3. The highest BCUT2D eigenvalue weighted by molar-refractivity contribution is 6.22. The van der Waals surface area contributed by atoms with E-state index in [1.54, 1.807) is 0 Å². The maximum atomic E-state index is 6.59. The number of furan rings is 1. The highest BCUT2D eigenvalue weighted by Crippen LogP contribution is 2.47. The van der Waals surface area contributed by atoms with Gasteiger partial charge < -0.3 is 9.32 Å². The molecule has 1 aromatic heterocycles. The van der Waals surface area contributed by atoms with Crippen LogP contribution < -0.4 is 4.90 Å². The van der Waals surface area contributed by atoms with Gasteiger partial charge in [-0.1, -0.05) is 218 Å². The first-order valence-electron chi connectivity index (χ1n) is 24.7.